The molecule has 0 bridgehead atoms. The second kappa shape index (κ2) is 7.59. The van der Waals surface area contributed by atoms with E-state index in [0.29, 0.717) is 18.7 Å². The van der Waals surface area contributed by atoms with E-state index in [1.807, 2.05) is 30.5 Å². The number of nitrogens with zero attached hydrogens (tertiary/aromatic N) is 1. The van der Waals surface area contributed by atoms with Crippen LogP contribution in [0.2, 0.25) is 0 Å². The highest BCUT2D eigenvalue weighted by atomic mass is 16.3. The lowest BCUT2D eigenvalue weighted by atomic mass is 10.1. The molecule has 0 radical (unpaired) electrons. The average Bonchev–Trinajstić information content (AvgIpc) is 3.40. The third kappa shape index (κ3) is 3.62. The predicted molar refractivity (Wildman–Crippen MR) is 101 cm³/mol. The van der Waals surface area contributed by atoms with Gasteiger partial charge in [-0.1, -0.05) is 18.2 Å². The van der Waals surface area contributed by atoms with Gasteiger partial charge in [0.1, 0.15) is 11.8 Å². The summed E-state index contributed by atoms with van der Waals surface area (Å²) in [4.78, 5) is 40.9. The van der Waals surface area contributed by atoms with E-state index in [2.05, 4.69) is 15.6 Å². The number of urea groups is 1. The number of rotatable bonds is 7. The standard InChI is InChI=1S/C20H20N4O4/c25-18(21-8-7-13-11-22-16-6-2-1-5-15(13)16)10-17-19(26)24(20(27)23-17)12-14-4-3-9-28-14/h1-6,9,11,17,22H,7-8,10,12H2,(H,21,25)(H,23,27)/t17-/m1/s1. The number of furan rings is 1. The van der Waals surface area contributed by atoms with Crippen molar-refractivity contribution in [1.82, 2.24) is 20.5 Å². The summed E-state index contributed by atoms with van der Waals surface area (Å²) in [5, 5.41) is 6.50. The first-order valence-corrected chi connectivity index (χ1v) is 9.08. The van der Waals surface area contributed by atoms with Gasteiger partial charge in [0.15, 0.2) is 0 Å². The van der Waals surface area contributed by atoms with E-state index >= 15 is 0 Å². The maximum absolute atomic E-state index is 12.4. The second-order valence-corrected chi connectivity index (χ2v) is 6.67. The van der Waals surface area contributed by atoms with Crippen LogP contribution in [0.5, 0.6) is 0 Å². The number of aromatic nitrogens is 1. The van der Waals surface area contributed by atoms with Crippen LogP contribution >= 0.6 is 0 Å². The molecule has 3 aromatic rings. The minimum absolute atomic E-state index is 0.0519. The van der Waals surface area contributed by atoms with Gasteiger partial charge in [-0.05, 0) is 30.2 Å². The van der Waals surface area contributed by atoms with Crippen molar-refractivity contribution in [3.05, 3.63) is 60.2 Å². The van der Waals surface area contributed by atoms with Gasteiger partial charge in [0.2, 0.25) is 5.91 Å². The van der Waals surface area contributed by atoms with Crippen molar-refractivity contribution >= 4 is 28.7 Å². The maximum Gasteiger partial charge on any atom is 0.325 e. The number of hydrogen-bond acceptors (Lipinski definition) is 4. The fourth-order valence-electron chi connectivity index (χ4n) is 3.36. The number of aromatic amines is 1. The van der Waals surface area contributed by atoms with Crippen molar-refractivity contribution in [2.24, 2.45) is 0 Å². The number of para-hydroxylation sites is 1. The maximum atomic E-state index is 12.4. The first-order valence-electron chi connectivity index (χ1n) is 9.08. The highest BCUT2D eigenvalue weighted by Crippen LogP contribution is 2.18. The minimum atomic E-state index is -0.851. The Hall–Kier alpha value is -3.55. The Morgan fingerprint density at radius 2 is 2.04 bits per heavy atom. The zero-order chi connectivity index (χ0) is 19.5. The Morgan fingerprint density at radius 3 is 2.86 bits per heavy atom. The van der Waals surface area contributed by atoms with Crippen molar-refractivity contribution in [1.29, 1.82) is 0 Å². The molecule has 144 valence electrons. The van der Waals surface area contributed by atoms with Gasteiger partial charge in [0.25, 0.3) is 5.91 Å². The van der Waals surface area contributed by atoms with E-state index in [-0.39, 0.29) is 18.9 Å². The zero-order valence-corrected chi connectivity index (χ0v) is 15.1. The summed E-state index contributed by atoms with van der Waals surface area (Å²) in [6.07, 6.45) is 3.99. The van der Waals surface area contributed by atoms with Crippen LogP contribution in [0.25, 0.3) is 10.9 Å². The number of carbonyl (C=O) groups is 3. The lowest BCUT2D eigenvalue weighted by Gasteiger charge is -2.11. The van der Waals surface area contributed by atoms with Gasteiger partial charge in [-0.25, -0.2) is 4.79 Å². The highest BCUT2D eigenvalue weighted by Gasteiger charge is 2.39. The van der Waals surface area contributed by atoms with Gasteiger partial charge < -0.3 is 20.0 Å². The third-order valence-electron chi connectivity index (χ3n) is 4.78. The summed E-state index contributed by atoms with van der Waals surface area (Å²) in [6, 6.07) is 9.98. The van der Waals surface area contributed by atoms with Crippen LogP contribution in [-0.2, 0) is 22.6 Å². The number of nitrogens with one attached hydrogen (secondary N) is 3. The van der Waals surface area contributed by atoms with E-state index in [1.165, 1.54) is 6.26 Å². The van der Waals surface area contributed by atoms with Crippen molar-refractivity contribution < 1.29 is 18.8 Å². The van der Waals surface area contributed by atoms with Gasteiger partial charge in [-0.3, -0.25) is 14.5 Å². The van der Waals surface area contributed by atoms with E-state index in [9.17, 15) is 14.4 Å². The summed E-state index contributed by atoms with van der Waals surface area (Å²) < 4.78 is 5.17. The van der Waals surface area contributed by atoms with E-state index in [0.717, 1.165) is 21.4 Å². The molecule has 3 heterocycles. The number of amides is 4. The second-order valence-electron chi connectivity index (χ2n) is 6.67. The molecule has 0 spiro atoms. The fraction of sp³-hybridized carbons (Fsp3) is 0.250. The Bertz CT molecular complexity index is 1010. The first-order chi connectivity index (χ1) is 13.6. The van der Waals surface area contributed by atoms with Gasteiger partial charge in [-0.15, -0.1) is 0 Å². The number of hydrogen-bond donors (Lipinski definition) is 3. The summed E-state index contributed by atoms with van der Waals surface area (Å²) in [5.74, 6) is -0.196. The summed E-state index contributed by atoms with van der Waals surface area (Å²) >= 11 is 0. The Balaban J connectivity index is 1.28. The fourth-order valence-corrected chi connectivity index (χ4v) is 3.36. The van der Waals surface area contributed by atoms with Crippen LogP contribution in [0.1, 0.15) is 17.7 Å². The van der Waals surface area contributed by atoms with Crippen molar-refractivity contribution in [2.45, 2.75) is 25.4 Å². The molecule has 0 aliphatic carbocycles. The van der Waals surface area contributed by atoms with Gasteiger partial charge >= 0.3 is 6.03 Å². The summed E-state index contributed by atoms with van der Waals surface area (Å²) in [6.45, 7) is 0.502. The van der Waals surface area contributed by atoms with Crippen LogP contribution in [0.3, 0.4) is 0 Å². The number of H-pyrrole nitrogens is 1. The van der Waals surface area contributed by atoms with E-state index in [1.54, 1.807) is 12.1 Å². The first kappa shape index (κ1) is 17.8. The van der Waals surface area contributed by atoms with E-state index in [4.69, 9.17) is 4.42 Å². The SMILES string of the molecule is O=C(C[C@H]1NC(=O)N(Cc2ccco2)C1=O)NCCc1c[nH]c2ccccc12. The zero-order valence-electron chi connectivity index (χ0n) is 15.1. The monoisotopic (exact) mass is 380 g/mol. The number of fused-ring (bicyclic) bond motifs is 1. The molecule has 2 aromatic heterocycles. The normalized spacial score (nSPS) is 16.6. The van der Waals surface area contributed by atoms with Gasteiger partial charge in [0.05, 0.1) is 19.2 Å². The molecule has 1 fully saturated rings. The molecule has 1 aromatic carbocycles. The predicted octanol–water partition coefficient (Wildman–Crippen LogP) is 1.93. The Labute approximate surface area is 160 Å². The molecule has 1 aliphatic heterocycles. The Morgan fingerprint density at radius 1 is 1.18 bits per heavy atom. The van der Waals surface area contributed by atoms with Crippen LogP contribution in [0.15, 0.2) is 53.3 Å². The molecule has 3 N–H and O–H groups in total. The molecule has 0 unspecified atom stereocenters. The lowest BCUT2D eigenvalue weighted by molar-refractivity contribution is -0.131. The molecule has 4 amide bonds. The van der Waals surface area contributed by atoms with E-state index < -0.39 is 18.0 Å². The quantitative estimate of drug-likeness (QED) is 0.544. The van der Waals surface area contributed by atoms with Gasteiger partial charge in [-0.2, -0.15) is 0 Å². The summed E-state index contributed by atoms with van der Waals surface area (Å²) in [5.41, 5.74) is 2.17. The number of imide groups is 1. The molecular weight excluding hydrogens is 360 g/mol. The van der Waals surface area contributed by atoms with Crippen LogP contribution < -0.4 is 10.6 Å². The molecule has 1 atom stereocenters. The van der Waals surface area contributed by atoms with Crippen LogP contribution in [-0.4, -0.2) is 40.3 Å². The van der Waals surface area contributed by atoms with Crippen LogP contribution in [0, 0.1) is 0 Å². The smallest absolute Gasteiger partial charge is 0.325 e. The topological polar surface area (TPSA) is 107 Å². The molecule has 4 rings (SSSR count). The largest absolute Gasteiger partial charge is 0.467 e. The molecule has 1 aliphatic rings. The molecule has 8 nitrogen and oxygen atoms in total. The Kier molecular flexibility index (Phi) is 4.84. The lowest BCUT2D eigenvalue weighted by Crippen LogP contribution is -2.37. The summed E-state index contributed by atoms with van der Waals surface area (Å²) in [7, 11) is 0. The minimum Gasteiger partial charge on any atom is -0.467 e. The molecule has 28 heavy (non-hydrogen) atoms. The number of carbonyl (C=O) groups excluding carboxylic acids is 3. The molecule has 8 heteroatoms. The molecular formula is C20H20N4O4. The average molecular weight is 380 g/mol. The highest BCUT2D eigenvalue weighted by molar-refractivity contribution is 6.05. The molecule has 1 saturated heterocycles. The number of benzene rings is 1. The van der Waals surface area contributed by atoms with Gasteiger partial charge in [0, 0.05) is 23.6 Å². The van der Waals surface area contributed by atoms with Crippen molar-refractivity contribution in [3.8, 4) is 0 Å². The van der Waals surface area contributed by atoms with Crippen molar-refractivity contribution in [3.63, 3.8) is 0 Å². The molecule has 0 saturated carbocycles. The van der Waals surface area contributed by atoms with Crippen molar-refractivity contribution in [2.75, 3.05) is 6.54 Å². The third-order valence-corrected chi connectivity index (χ3v) is 4.78. The van der Waals surface area contributed by atoms with Crippen LogP contribution in [0.4, 0.5) is 4.79 Å².